The van der Waals surface area contributed by atoms with Crippen molar-refractivity contribution in [2.24, 2.45) is 0 Å². The SMILES string of the molecule is O=C(Cc1ccc(Cl)cc1)N1CCC(F)(F)CC1. The monoisotopic (exact) mass is 273 g/mol. The number of amides is 1. The van der Waals surface area contributed by atoms with Gasteiger partial charge in [0.15, 0.2) is 0 Å². The van der Waals surface area contributed by atoms with Crippen LogP contribution in [0.2, 0.25) is 5.02 Å². The Morgan fingerprint density at radius 2 is 1.78 bits per heavy atom. The predicted molar refractivity (Wildman–Crippen MR) is 65.9 cm³/mol. The van der Waals surface area contributed by atoms with E-state index < -0.39 is 5.92 Å². The number of carbonyl (C=O) groups excluding carboxylic acids is 1. The maximum absolute atomic E-state index is 13.0. The molecule has 1 saturated heterocycles. The molecule has 0 atom stereocenters. The van der Waals surface area contributed by atoms with E-state index in [1.54, 1.807) is 24.3 Å². The average Bonchev–Trinajstić information content (AvgIpc) is 2.32. The van der Waals surface area contributed by atoms with Gasteiger partial charge < -0.3 is 4.90 Å². The van der Waals surface area contributed by atoms with Gasteiger partial charge in [-0.3, -0.25) is 4.79 Å². The van der Waals surface area contributed by atoms with E-state index in [1.807, 2.05) is 0 Å². The second kappa shape index (κ2) is 5.22. The molecule has 0 aliphatic carbocycles. The molecule has 2 nitrogen and oxygen atoms in total. The Labute approximate surface area is 110 Å². The van der Waals surface area contributed by atoms with E-state index in [1.165, 1.54) is 4.90 Å². The molecular weight excluding hydrogens is 260 g/mol. The lowest BCUT2D eigenvalue weighted by atomic mass is 10.1. The first-order valence-corrected chi connectivity index (χ1v) is 6.24. The van der Waals surface area contributed by atoms with Gasteiger partial charge in [-0.05, 0) is 17.7 Å². The van der Waals surface area contributed by atoms with Crippen molar-refractivity contribution in [3.05, 3.63) is 34.9 Å². The third-order valence-corrected chi connectivity index (χ3v) is 3.37. The van der Waals surface area contributed by atoms with Crippen molar-refractivity contribution >= 4 is 17.5 Å². The molecule has 98 valence electrons. The standard InChI is InChI=1S/C13H14ClF2NO/c14-11-3-1-10(2-4-11)9-12(18)17-7-5-13(15,16)6-8-17/h1-4H,5-9H2. The largest absolute Gasteiger partial charge is 0.342 e. The molecule has 0 radical (unpaired) electrons. The van der Waals surface area contributed by atoms with Gasteiger partial charge in [-0.1, -0.05) is 23.7 Å². The highest BCUT2D eigenvalue weighted by Crippen LogP contribution is 2.27. The van der Waals surface area contributed by atoms with Crippen LogP contribution in [0.5, 0.6) is 0 Å². The van der Waals surface area contributed by atoms with Gasteiger partial charge in [-0.25, -0.2) is 8.78 Å². The van der Waals surface area contributed by atoms with Gasteiger partial charge >= 0.3 is 0 Å². The van der Waals surface area contributed by atoms with Gasteiger partial charge in [0.1, 0.15) is 0 Å². The lowest BCUT2D eigenvalue weighted by molar-refractivity contribution is -0.136. The summed E-state index contributed by atoms with van der Waals surface area (Å²) in [4.78, 5) is 13.4. The van der Waals surface area contributed by atoms with Gasteiger partial charge in [-0.15, -0.1) is 0 Å². The molecule has 1 aromatic carbocycles. The number of nitrogens with zero attached hydrogens (tertiary/aromatic N) is 1. The first kappa shape index (κ1) is 13.3. The molecule has 5 heteroatoms. The number of piperidine rings is 1. The molecule has 1 aliphatic heterocycles. The molecule has 0 N–H and O–H groups in total. The van der Waals surface area contributed by atoms with E-state index in [0.29, 0.717) is 5.02 Å². The van der Waals surface area contributed by atoms with Crippen LogP contribution in [0.3, 0.4) is 0 Å². The van der Waals surface area contributed by atoms with Crippen LogP contribution in [0, 0.1) is 0 Å². The number of hydrogen-bond acceptors (Lipinski definition) is 1. The van der Waals surface area contributed by atoms with Crippen molar-refractivity contribution in [3.8, 4) is 0 Å². The smallest absolute Gasteiger partial charge is 0.251 e. The summed E-state index contributed by atoms with van der Waals surface area (Å²) in [6, 6.07) is 6.99. The minimum atomic E-state index is -2.61. The fourth-order valence-corrected chi connectivity index (χ4v) is 2.10. The van der Waals surface area contributed by atoms with Crippen LogP contribution in [-0.2, 0) is 11.2 Å². The maximum atomic E-state index is 13.0. The molecular formula is C13H14ClF2NO. The van der Waals surface area contributed by atoms with Crippen molar-refractivity contribution in [2.45, 2.75) is 25.2 Å². The Bertz CT molecular complexity index is 423. The molecule has 1 amide bonds. The average molecular weight is 274 g/mol. The first-order valence-electron chi connectivity index (χ1n) is 5.86. The summed E-state index contributed by atoms with van der Waals surface area (Å²) >= 11 is 5.75. The van der Waals surface area contributed by atoms with Crippen LogP contribution < -0.4 is 0 Å². The summed E-state index contributed by atoms with van der Waals surface area (Å²) in [7, 11) is 0. The maximum Gasteiger partial charge on any atom is 0.251 e. The van der Waals surface area contributed by atoms with Gasteiger partial charge in [0.2, 0.25) is 5.91 Å². The molecule has 0 aromatic heterocycles. The zero-order valence-corrected chi connectivity index (χ0v) is 10.6. The van der Waals surface area contributed by atoms with Gasteiger partial charge in [0.05, 0.1) is 6.42 Å². The minimum absolute atomic E-state index is 0.104. The highest BCUT2D eigenvalue weighted by molar-refractivity contribution is 6.30. The number of benzene rings is 1. The van der Waals surface area contributed by atoms with Crippen LogP contribution in [0.15, 0.2) is 24.3 Å². The van der Waals surface area contributed by atoms with E-state index in [9.17, 15) is 13.6 Å². The van der Waals surface area contributed by atoms with Crippen molar-refractivity contribution in [3.63, 3.8) is 0 Å². The van der Waals surface area contributed by atoms with E-state index in [-0.39, 0.29) is 38.3 Å². The molecule has 18 heavy (non-hydrogen) atoms. The third-order valence-electron chi connectivity index (χ3n) is 3.12. The summed E-state index contributed by atoms with van der Waals surface area (Å²) in [5.41, 5.74) is 0.849. The second-order valence-electron chi connectivity index (χ2n) is 4.54. The number of halogens is 3. The quantitative estimate of drug-likeness (QED) is 0.811. The molecule has 1 heterocycles. The number of likely N-dealkylation sites (tertiary alicyclic amines) is 1. The lowest BCUT2D eigenvalue weighted by Crippen LogP contribution is -2.43. The van der Waals surface area contributed by atoms with E-state index >= 15 is 0 Å². The predicted octanol–water partition coefficient (Wildman–Crippen LogP) is 3.14. The molecule has 1 fully saturated rings. The van der Waals surface area contributed by atoms with Crippen molar-refractivity contribution < 1.29 is 13.6 Å². The third kappa shape index (κ3) is 3.42. The van der Waals surface area contributed by atoms with Crippen LogP contribution in [0.25, 0.3) is 0 Å². The lowest BCUT2D eigenvalue weighted by Gasteiger charge is -2.31. The summed E-state index contributed by atoms with van der Waals surface area (Å²) in [5.74, 6) is -2.72. The van der Waals surface area contributed by atoms with Gasteiger partial charge in [-0.2, -0.15) is 0 Å². The van der Waals surface area contributed by atoms with E-state index in [2.05, 4.69) is 0 Å². The summed E-state index contributed by atoms with van der Waals surface area (Å²) in [6.45, 7) is 0.277. The Morgan fingerprint density at radius 3 is 2.33 bits per heavy atom. The van der Waals surface area contributed by atoms with Gasteiger partial charge in [0, 0.05) is 31.0 Å². The Morgan fingerprint density at radius 1 is 1.22 bits per heavy atom. The Hall–Kier alpha value is -1.16. The number of hydrogen-bond donors (Lipinski definition) is 0. The van der Waals surface area contributed by atoms with Crippen molar-refractivity contribution in [1.82, 2.24) is 4.90 Å². The van der Waals surface area contributed by atoms with Gasteiger partial charge in [0.25, 0.3) is 5.92 Å². The van der Waals surface area contributed by atoms with Crippen LogP contribution >= 0.6 is 11.6 Å². The summed E-state index contributed by atoms with van der Waals surface area (Å²) in [6.07, 6.45) is -0.235. The molecule has 1 aliphatic rings. The van der Waals surface area contributed by atoms with E-state index in [0.717, 1.165) is 5.56 Å². The Kier molecular flexibility index (Phi) is 3.85. The van der Waals surface area contributed by atoms with Crippen LogP contribution in [-0.4, -0.2) is 29.8 Å². The fourth-order valence-electron chi connectivity index (χ4n) is 1.97. The summed E-state index contributed by atoms with van der Waals surface area (Å²) < 4.78 is 25.9. The number of alkyl halides is 2. The van der Waals surface area contributed by atoms with Crippen molar-refractivity contribution in [1.29, 1.82) is 0 Å². The topological polar surface area (TPSA) is 20.3 Å². The Balaban J connectivity index is 1.91. The zero-order valence-electron chi connectivity index (χ0n) is 9.83. The molecule has 0 bridgehead atoms. The normalized spacial score (nSPS) is 18.7. The summed E-state index contributed by atoms with van der Waals surface area (Å²) in [5, 5.41) is 0.615. The minimum Gasteiger partial charge on any atom is -0.342 e. The van der Waals surface area contributed by atoms with Crippen molar-refractivity contribution in [2.75, 3.05) is 13.1 Å². The number of rotatable bonds is 2. The molecule has 0 unspecified atom stereocenters. The van der Waals surface area contributed by atoms with Crippen LogP contribution in [0.4, 0.5) is 8.78 Å². The highest BCUT2D eigenvalue weighted by Gasteiger charge is 2.35. The van der Waals surface area contributed by atoms with E-state index in [4.69, 9.17) is 11.6 Å². The number of carbonyl (C=O) groups is 1. The molecule has 2 rings (SSSR count). The zero-order chi connectivity index (χ0) is 13.2. The fraction of sp³-hybridized carbons (Fsp3) is 0.462. The first-order chi connectivity index (χ1) is 8.46. The highest BCUT2D eigenvalue weighted by atomic mass is 35.5. The second-order valence-corrected chi connectivity index (χ2v) is 4.98. The molecule has 1 aromatic rings. The molecule has 0 saturated carbocycles. The van der Waals surface area contributed by atoms with Crippen LogP contribution in [0.1, 0.15) is 18.4 Å². The molecule has 0 spiro atoms.